The molecule has 86 valence electrons. The monoisotopic (exact) mass is 227 g/mol. The third kappa shape index (κ3) is 3.33. The molecule has 1 heterocycles. The Morgan fingerprint density at radius 2 is 2.13 bits per heavy atom. The highest BCUT2D eigenvalue weighted by Crippen LogP contribution is 2.45. The lowest BCUT2D eigenvalue weighted by molar-refractivity contribution is -0.0979. The molecule has 1 aliphatic carbocycles. The van der Waals surface area contributed by atoms with Crippen LogP contribution in [0, 0.1) is 11.3 Å². The highest BCUT2D eigenvalue weighted by atomic mass is 32.2. The first kappa shape index (κ1) is 12.8. The van der Waals surface area contributed by atoms with Gasteiger partial charge in [0.15, 0.2) is 0 Å². The van der Waals surface area contributed by atoms with Crippen molar-refractivity contribution in [2.24, 2.45) is 16.3 Å². The van der Waals surface area contributed by atoms with Crippen LogP contribution in [0.15, 0.2) is 4.99 Å². The molecule has 2 rings (SSSR count). The maximum Gasteiger partial charge on any atom is 0.106 e. The Kier molecular flexibility index (Phi) is 4.38. The summed E-state index contributed by atoms with van der Waals surface area (Å²) in [6, 6.07) is 0. The second-order valence-electron chi connectivity index (χ2n) is 5.18. The Hall–Kier alpha value is -0.310. The molecular weight excluding hydrogens is 206 g/mol. The number of carbonyl (C=O) groups is 1. The van der Waals surface area contributed by atoms with Gasteiger partial charge in [-0.05, 0) is 37.5 Å². The molecular formula is C12H21NOS. The van der Waals surface area contributed by atoms with Gasteiger partial charge in [-0.15, -0.1) is 11.8 Å². The van der Waals surface area contributed by atoms with Gasteiger partial charge in [0.2, 0.25) is 0 Å². The van der Waals surface area contributed by atoms with E-state index in [0.717, 1.165) is 17.7 Å². The molecule has 0 N–H and O–H groups in total. The topological polar surface area (TPSA) is 29.4 Å². The number of carbonyl (C=O) groups excluding carboxylic acids is 1. The molecule has 3 heteroatoms. The molecule has 0 spiro atoms. The number of fused-ring (bicyclic) bond motifs is 1. The Morgan fingerprint density at radius 1 is 1.47 bits per heavy atom. The van der Waals surface area contributed by atoms with E-state index in [-0.39, 0.29) is 0 Å². The summed E-state index contributed by atoms with van der Waals surface area (Å²) in [6.45, 7) is 10.0. The van der Waals surface area contributed by atoms with Gasteiger partial charge in [0.25, 0.3) is 0 Å². The number of nitrogens with zero attached hydrogens (tertiary/aromatic N) is 1. The molecule has 0 amide bonds. The fourth-order valence-electron chi connectivity index (χ4n) is 2.55. The van der Waals surface area contributed by atoms with Crippen LogP contribution >= 0.6 is 11.8 Å². The smallest absolute Gasteiger partial charge is 0.106 e. The molecule has 2 unspecified atom stereocenters. The summed E-state index contributed by atoms with van der Waals surface area (Å²) in [5.41, 5.74) is 0.572. The molecule has 15 heavy (non-hydrogen) atoms. The van der Waals surface area contributed by atoms with Crippen molar-refractivity contribution in [3.8, 4) is 0 Å². The molecule has 0 aromatic rings. The van der Waals surface area contributed by atoms with E-state index >= 15 is 0 Å². The van der Waals surface area contributed by atoms with Gasteiger partial charge in [-0.25, -0.2) is 0 Å². The molecule has 0 aromatic carbocycles. The van der Waals surface area contributed by atoms with Gasteiger partial charge < -0.3 is 4.79 Å². The summed E-state index contributed by atoms with van der Waals surface area (Å²) in [5, 5.41) is 2.19. The average molecular weight is 227 g/mol. The van der Waals surface area contributed by atoms with Crippen molar-refractivity contribution >= 4 is 23.6 Å². The summed E-state index contributed by atoms with van der Waals surface area (Å²) < 4.78 is 0. The predicted octanol–water partition coefficient (Wildman–Crippen LogP) is 3.16. The quantitative estimate of drug-likeness (QED) is 0.636. The van der Waals surface area contributed by atoms with E-state index in [1.54, 1.807) is 0 Å². The van der Waals surface area contributed by atoms with Crippen molar-refractivity contribution in [2.45, 2.75) is 45.3 Å². The Balaban J connectivity index is 0.000000531. The minimum absolute atomic E-state index is 0.572. The van der Waals surface area contributed by atoms with Gasteiger partial charge in [-0.2, -0.15) is 0 Å². The maximum atomic E-state index is 8.00. The zero-order valence-corrected chi connectivity index (χ0v) is 10.8. The summed E-state index contributed by atoms with van der Waals surface area (Å²) >= 11 is 2.02. The van der Waals surface area contributed by atoms with E-state index in [2.05, 4.69) is 25.8 Å². The van der Waals surface area contributed by atoms with Crippen molar-refractivity contribution in [1.29, 1.82) is 0 Å². The van der Waals surface area contributed by atoms with E-state index < -0.39 is 0 Å². The van der Waals surface area contributed by atoms with Crippen LogP contribution in [0.4, 0.5) is 0 Å². The van der Waals surface area contributed by atoms with E-state index in [1.807, 2.05) is 18.6 Å². The van der Waals surface area contributed by atoms with E-state index in [4.69, 9.17) is 4.79 Å². The van der Waals surface area contributed by atoms with Crippen LogP contribution in [0.3, 0.4) is 0 Å². The van der Waals surface area contributed by atoms with E-state index in [1.165, 1.54) is 24.3 Å². The van der Waals surface area contributed by atoms with Gasteiger partial charge >= 0.3 is 0 Å². The van der Waals surface area contributed by atoms with Crippen molar-refractivity contribution in [2.75, 3.05) is 6.54 Å². The fourth-order valence-corrected chi connectivity index (χ4v) is 3.75. The lowest BCUT2D eigenvalue weighted by atomic mass is 9.72. The first-order valence-corrected chi connectivity index (χ1v) is 6.41. The van der Waals surface area contributed by atoms with Crippen LogP contribution in [-0.2, 0) is 4.79 Å². The molecule has 0 bridgehead atoms. The van der Waals surface area contributed by atoms with Crippen molar-refractivity contribution in [1.82, 2.24) is 0 Å². The number of rotatable bonds is 0. The normalized spacial score (nSPS) is 33.1. The second-order valence-corrected chi connectivity index (χ2v) is 6.62. The first-order chi connectivity index (χ1) is 7.07. The van der Waals surface area contributed by atoms with E-state index in [0.29, 0.717) is 5.41 Å². The van der Waals surface area contributed by atoms with Gasteiger partial charge in [0.1, 0.15) is 6.79 Å². The Labute approximate surface area is 96.9 Å². The van der Waals surface area contributed by atoms with Gasteiger partial charge in [0, 0.05) is 11.8 Å². The summed E-state index contributed by atoms with van der Waals surface area (Å²) in [5.74, 6) is 0.859. The second kappa shape index (κ2) is 5.15. The van der Waals surface area contributed by atoms with Crippen molar-refractivity contribution in [3.05, 3.63) is 0 Å². The summed E-state index contributed by atoms with van der Waals surface area (Å²) in [4.78, 5) is 12.6. The molecule has 0 saturated heterocycles. The third-order valence-corrected chi connectivity index (χ3v) is 4.71. The van der Waals surface area contributed by atoms with Crippen LogP contribution in [-0.4, -0.2) is 23.6 Å². The molecule has 0 radical (unpaired) electrons. The van der Waals surface area contributed by atoms with Crippen molar-refractivity contribution < 1.29 is 4.79 Å². The van der Waals surface area contributed by atoms with Crippen LogP contribution in [0.25, 0.3) is 0 Å². The fraction of sp³-hybridized carbons (Fsp3) is 0.833. The molecule has 1 aliphatic heterocycles. The standard InChI is InChI=1S/C11H19NS.CH2O/c1-8-12-7-9-6-11(2,3)5-4-10(9)13-8;1-2/h9-10H,4-7H2,1-3H3;1H2. The maximum absolute atomic E-state index is 8.00. The van der Waals surface area contributed by atoms with Gasteiger partial charge in [0.05, 0.1) is 5.04 Å². The minimum Gasteiger partial charge on any atom is -0.307 e. The van der Waals surface area contributed by atoms with Crippen LogP contribution in [0.5, 0.6) is 0 Å². The number of hydrogen-bond acceptors (Lipinski definition) is 3. The number of aliphatic imine (C=N–C) groups is 1. The molecule has 2 aliphatic rings. The van der Waals surface area contributed by atoms with Crippen molar-refractivity contribution in [3.63, 3.8) is 0 Å². The summed E-state index contributed by atoms with van der Waals surface area (Å²) in [7, 11) is 0. The Morgan fingerprint density at radius 3 is 2.80 bits per heavy atom. The van der Waals surface area contributed by atoms with Gasteiger partial charge in [-0.1, -0.05) is 13.8 Å². The lowest BCUT2D eigenvalue weighted by Crippen LogP contribution is -2.36. The average Bonchev–Trinajstić information content (AvgIpc) is 2.21. The van der Waals surface area contributed by atoms with E-state index in [9.17, 15) is 0 Å². The molecule has 1 fully saturated rings. The highest BCUT2D eigenvalue weighted by Gasteiger charge is 2.36. The minimum atomic E-state index is 0.572. The van der Waals surface area contributed by atoms with Crippen LogP contribution < -0.4 is 0 Å². The largest absolute Gasteiger partial charge is 0.307 e. The molecule has 2 nitrogen and oxygen atoms in total. The summed E-state index contributed by atoms with van der Waals surface area (Å²) in [6.07, 6.45) is 4.17. The van der Waals surface area contributed by atoms with Gasteiger partial charge in [-0.3, -0.25) is 4.99 Å². The molecule has 0 aromatic heterocycles. The Bertz CT molecular complexity index is 250. The molecule has 1 saturated carbocycles. The number of hydrogen-bond donors (Lipinski definition) is 0. The SMILES string of the molecule is C=O.CC1=NCC2CC(C)(C)CCC2S1. The zero-order valence-electron chi connectivity index (χ0n) is 9.95. The lowest BCUT2D eigenvalue weighted by Gasteiger charge is -2.41. The third-order valence-electron chi connectivity index (χ3n) is 3.32. The number of thioether (sulfide) groups is 1. The molecule has 2 atom stereocenters. The predicted molar refractivity (Wildman–Crippen MR) is 67.6 cm³/mol. The first-order valence-electron chi connectivity index (χ1n) is 5.53. The van der Waals surface area contributed by atoms with Crippen LogP contribution in [0.2, 0.25) is 0 Å². The highest BCUT2D eigenvalue weighted by molar-refractivity contribution is 8.14. The zero-order chi connectivity index (χ0) is 11.5. The van der Waals surface area contributed by atoms with Crippen LogP contribution in [0.1, 0.15) is 40.0 Å².